The van der Waals surface area contributed by atoms with Crippen LogP contribution in [0.2, 0.25) is 0 Å². The van der Waals surface area contributed by atoms with Crippen LogP contribution in [0.3, 0.4) is 0 Å². The van der Waals surface area contributed by atoms with E-state index in [1.165, 1.54) is 19.3 Å². The van der Waals surface area contributed by atoms with Crippen LogP contribution in [-0.2, 0) is 22.6 Å². The molecule has 1 atom stereocenters. The van der Waals surface area contributed by atoms with Gasteiger partial charge < -0.3 is 9.64 Å². The van der Waals surface area contributed by atoms with Gasteiger partial charge in [-0.2, -0.15) is 0 Å². The number of nitrogens with zero attached hydrogens (tertiary/aromatic N) is 6. The van der Waals surface area contributed by atoms with Gasteiger partial charge in [-0.3, -0.25) is 9.69 Å². The molecule has 8 heteroatoms. The first-order chi connectivity index (χ1) is 11.8. The SMILES string of the molecule is COCC[C@H]1CCCCN1C(=O)Cn1nnnc1CN1CCCC1. The second-order valence-electron chi connectivity index (χ2n) is 6.75. The van der Waals surface area contributed by atoms with Crippen LogP contribution in [-0.4, -0.2) is 75.3 Å². The van der Waals surface area contributed by atoms with Gasteiger partial charge in [0.15, 0.2) is 5.82 Å². The van der Waals surface area contributed by atoms with Gasteiger partial charge in [-0.15, -0.1) is 5.10 Å². The lowest BCUT2D eigenvalue weighted by molar-refractivity contribution is -0.136. The van der Waals surface area contributed by atoms with Crippen LogP contribution < -0.4 is 0 Å². The van der Waals surface area contributed by atoms with E-state index in [-0.39, 0.29) is 18.5 Å². The van der Waals surface area contributed by atoms with Crippen molar-refractivity contribution in [3.8, 4) is 0 Å². The highest BCUT2D eigenvalue weighted by Crippen LogP contribution is 2.20. The predicted molar refractivity (Wildman–Crippen MR) is 88.2 cm³/mol. The first-order valence-electron chi connectivity index (χ1n) is 9.03. The number of piperidine rings is 1. The molecule has 0 radical (unpaired) electrons. The van der Waals surface area contributed by atoms with Crippen LogP contribution in [0.4, 0.5) is 0 Å². The van der Waals surface area contributed by atoms with E-state index in [0.29, 0.717) is 6.61 Å². The molecule has 24 heavy (non-hydrogen) atoms. The standard InChI is InChI=1S/C16H28N6O2/c1-24-11-7-14-6-2-3-10-21(14)16(23)13-22-15(17-18-19-22)12-20-8-4-5-9-20/h14H,2-13H2,1H3/t14-/m1/s1. The van der Waals surface area contributed by atoms with Gasteiger partial charge in [0, 0.05) is 26.3 Å². The molecule has 2 aliphatic rings. The summed E-state index contributed by atoms with van der Waals surface area (Å²) in [4.78, 5) is 17.1. The summed E-state index contributed by atoms with van der Waals surface area (Å²) in [5, 5.41) is 11.9. The number of carbonyl (C=O) groups is 1. The maximum atomic E-state index is 12.8. The zero-order valence-electron chi connectivity index (χ0n) is 14.6. The van der Waals surface area contributed by atoms with E-state index in [4.69, 9.17) is 4.74 Å². The van der Waals surface area contributed by atoms with Gasteiger partial charge in [0.25, 0.3) is 0 Å². The van der Waals surface area contributed by atoms with Crippen molar-refractivity contribution in [2.45, 2.75) is 57.7 Å². The molecule has 1 aromatic heterocycles. The zero-order chi connectivity index (χ0) is 16.8. The molecule has 3 heterocycles. The minimum atomic E-state index is 0.116. The summed E-state index contributed by atoms with van der Waals surface area (Å²) in [5.41, 5.74) is 0. The quantitative estimate of drug-likeness (QED) is 0.729. The Hall–Kier alpha value is -1.54. The van der Waals surface area contributed by atoms with Crippen molar-refractivity contribution in [3.63, 3.8) is 0 Å². The fourth-order valence-corrected chi connectivity index (χ4v) is 3.70. The molecule has 0 aliphatic carbocycles. The molecule has 1 aromatic rings. The van der Waals surface area contributed by atoms with Crippen molar-refractivity contribution >= 4 is 5.91 Å². The van der Waals surface area contributed by atoms with Crippen LogP contribution in [0, 0.1) is 0 Å². The van der Waals surface area contributed by atoms with Crippen LogP contribution in [0.1, 0.15) is 44.3 Å². The highest BCUT2D eigenvalue weighted by Gasteiger charge is 2.27. The third-order valence-electron chi connectivity index (χ3n) is 5.06. The molecule has 0 saturated carbocycles. The molecule has 0 aromatic carbocycles. The van der Waals surface area contributed by atoms with E-state index in [9.17, 15) is 4.79 Å². The Morgan fingerprint density at radius 3 is 2.79 bits per heavy atom. The Labute approximate surface area is 143 Å². The second kappa shape index (κ2) is 8.53. The van der Waals surface area contributed by atoms with Gasteiger partial charge in [0.2, 0.25) is 5.91 Å². The normalized spacial score (nSPS) is 22.2. The average Bonchev–Trinajstić information content (AvgIpc) is 3.26. The van der Waals surface area contributed by atoms with Crippen molar-refractivity contribution in [1.82, 2.24) is 30.0 Å². The van der Waals surface area contributed by atoms with Crippen molar-refractivity contribution < 1.29 is 9.53 Å². The van der Waals surface area contributed by atoms with Crippen LogP contribution >= 0.6 is 0 Å². The number of rotatable bonds is 7. The van der Waals surface area contributed by atoms with Gasteiger partial charge in [-0.25, -0.2) is 4.68 Å². The van der Waals surface area contributed by atoms with E-state index in [1.54, 1.807) is 11.8 Å². The Balaban J connectivity index is 1.60. The molecule has 134 valence electrons. The van der Waals surface area contributed by atoms with Crippen LogP contribution in [0.5, 0.6) is 0 Å². The summed E-state index contributed by atoms with van der Waals surface area (Å²) in [6.45, 7) is 4.67. The Morgan fingerprint density at radius 1 is 1.21 bits per heavy atom. The number of ether oxygens (including phenoxy) is 1. The highest BCUT2D eigenvalue weighted by molar-refractivity contribution is 5.76. The van der Waals surface area contributed by atoms with Crippen LogP contribution in [0.25, 0.3) is 0 Å². The summed E-state index contributed by atoms with van der Waals surface area (Å²) in [6.07, 6.45) is 6.68. The van der Waals surface area contributed by atoms with Gasteiger partial charge in [0.05, 0.1) is 6.54 Å². The summed E-state index contributed by atoms with van der Waals surface area (Å²) >= 11 is 0. The van der Waals surface area contributed by atoms with Crippen molar-refractivity contribution in [2.75, 3.05) is 33.4 Å². The molecule has 1 amide bonds. The number of carbonyl (C=O) groups excluding carboxylic acids is 1. The molecule has 3 rings (SSSR count). The first-order valence-corrected chi connectivity index (χ1v) is 9.03. The maximum absolute atomic E-state index is 12.8. The molecule has 0 spiro atoms. The monoisotopic (exact) mass is 336 g/mol. The third kappa shape index (κ3) is 4.30. The lowest BCUT2D eigenvalue weighted by Crippen LogP contribution is -2.46. The number of likely N-dealkylation sites (tertiary alicyclic amines) is 2. The van der Waals surface area contributed by atoms with E-state index in [2.05, 4.69) is 20.4 Å². The zero-order valence-corrected chi connectivity index (χ0v) is 14.6. The average molecular weight is 336 g/mol. The van der Waals surface area contributed by atoms with Crippen molar-refractivity contribution in [2.24, 2.45) is 0 Å². The van der Waals surface area contributed by atoms with Gasteiger partial charge in [-0.1, -0.05) is 0 Å². The largest absolute Gasteiger partial charge is 0.385 e. The van der Waals surface area contributed by atoms with E-state index >= 15 is 0 Å². The topological polar surface area (TPSA) is 76.4 Å². The number of tetrazole rings is 1. The van der Waals surface area contributed by atoms with Gasteiger partial charge in [0.1, 0.15) is 6.54 Å². The number of methoxy groups -OCH3 is 1. The predicted octanol–water partition coefficient (Wildman–Crippen LogP) is 0.687. The fourth-order valence-electron chi connectivity index (χ4n) is 3.70. The molecule has 2 fully saturated rings. The summed E-state index contributed by atoms with van der Waals surface area (Å²) < 4.78 is 6.86. The van der Waals surface area contributed by atoms with Crippen LogP contribution in [0.15, 0.2) is 0 Å². The molecule has 8 nitrogen and oxygen atoms in total. The van der Waals surface area contributed by atoms with Gasteiger partial charge >= 0.3 is 0 Å². The van der Waals surface area contributed by atoms with Crippen molar-refractivity contribution in [1.29, 1.82) is 0 Å². The third-order valence-corrected chi connectivity index (χ3v) is 5.06. The summed E-state index contributed by atoms with van der Waals surface area (Å²) in [6, 6.07) is 0.282. The molecule has 2 aliphatic heterocycles. The fraction of sp³-hybridized carbons (Fsp3) is 0.875. The lowest BCUT2D eigenvalue weighted by atomic mass is 9.99. The molecular formula is C16H28N6O2. The minimum absolute atomic E-state index is 0.116. The summed E-state index contributed by atoms with van der Waals surface area (Å²) in [5.74, 6) is 0.904. The Kier molecular flexibility index (Phi) is 6.14. The summed E-state index contributed by atoms with van der Waals surface area (Å²) in [7, 11) is 1.71. The Morgan fingerprint density at radius 2 is 2.00 bits per heavy atom. The molecular weight excluding hydrogens is 308 g/mol. The molecule has 2 saturated heterocycles. The first kappa shape index (κ1) is 17.3. The van der Waals surface area contributed by atoms with E-state index in [0.717, 1.165) is 51.3 Å². The second-order valence-corrected chi connectivity index (χ2v) is 6.75. The number of hydrogen-bond acceptors (Lipinski definition) is 6. The molecule has 0 unspecified atom stereocenters. The van der Waals surface area contributed by atoms with Crippen molar-refractivity contribution in [3.05, 3.63) is 5.82 Å². The number of hydrogen-bond donors (Lipinski definition) is 0. The molecule has 0 bridgehead atoms. The van der Waals surface area contributed by atoms with Gasteiger partial charge in [-0.05, 0) is 62.0 Å². The number of aromatic nitrogens is 4. The highest BCUT2D eigenvalue weighted by atomic mass is 16.5. The molecule has 0 N–H and O–H groups in total. The Bertz CT molecular complexity index is 528. The van der Waals surface area contributed by atoms with E-state index < -0.39 is 0 Å². The lowest BCUT2D eigenvalue weighted by Gasteiger charge is -2.35. The maximum Gasteiger partial charge on any atom is 0.244 e. The minimum Gasteiger partial charge on any atom is -0.385 e. The number of amides is 1. The smallest absolute Gasteiger partial charge is 0.244 e. The van der Waals surface area contributed by atoms with E-state index in [1.807, 2.05) is 4.90 Å².